The first-order chi connectivity index (χ1) is 12.7. The Morgan fingerprint density at radius 1 is 0.962 bits per heavy atom. The summed E-state index contributed by atoms with van der Waals surface area (Å²) in [7, 11) is 0. The van der Waals surface area contributed by atoms with Crippen LogP contribution in [0.4, 0.5) is 5.69 Å². The van der Waals surface area contributed by atoms with Crippen LogP contribution >= 0.6 is 15.9 Å². The lowest BCUT2D eigenvalue weighted by Gasteiger charge is -2.15. The second-order valence-corrected chi connectivity index (χ2v) is 7.05. The Labute approximate surface area is 158 Å². The van der Waals surface area contributed by atoms with Gasteiger partial charge in [0, 0.05) is 15.7 Å². The number of halogens is 1. The minimum Gasteiger partial charge on any atom is -0.436 e. The van der Waals surface area contributed by atoms with Crippen molar-refractivity contribution in [1.29, 1.82) is 0 Å². The Kier molecular flexibility index (Phi) is 3.43. The van der Waals surface area contributed by atoms with Crippen LogP contribution in [-0.2, 0) is 6.54 Å². The highest BCUT2D eigenvalue weighted by atomic mass is 79.9. The fraction of sp³-hybridized carbons (Fsp3) is 0.0476. The van der Waals surface area contributed by atoms with Crippen LogP contribution in [0.15, 0.2) is 75.6 Å². The summed E-state index contributed by atoms with van der Waals surface area (Å²) in [5, 5.41) is 0. The minimum absolute atomic E-state index is 0.0227. The fourth-order valence-electron chi connectivity index (χ4n) is 3.30. The maximum absolute atomic E-state index is 12.7. The normalized spacial score (nSPS) is 13.4. The molecule has 0 bridgehead atoms. The van der Waals surface area contributed by atoms with Crippen molar-refractivity contribution in [2.24, 2.45) is 0 Å². The molecule has 0 N–H and O–H groups in total. The van der Waals surface area contributed by atoms with E-state index in [4.69, 9.17) is 4.42 Å². The molecule has 5 heteroatoms. The Hall–Kier alpha value is -2.92. The van der Waals surface area contributed by atoms with Gasteiger partial charge < -0.3 is 9.32 Å². The molecule has 1 aliphatic heterocycles. The second kappa shape index (κ2) is 5.81. The Morgan fingerprint density at radius 2 is 1.73 bits per heavy atom. The van der Waals surface area contributed by atoms with E-state index in [9.17, 15) is 4.79 Å². The van der Waals surface area contributed by atoms with E-state index >= 15 is 0 Å². The molecule has 26 heavy (non-hydrogen) atoms. The highest BCUT2D eigenvalue weighted by Crippen LogP contribution is 2.33. The van der Waals surface area contributed by atoms with Gasteiger partial charge in [0.25, 0.3) is 5.91 Å². The van der Waals surface area contributed by atoms with Crippen LogP contribution in [-0.4, -0.2) is 10.9 Å². The standard InChI is InChI=1S/C21H13BrN2O2/c22-17-8-4-3-7-16(17)20-23-18-11-14(9-10-19(18)26-20)24-12-13-5-1-2-6-15(13)21(24)25/h1-11H,12H2. The first-order valence-corrected chi connectivity index (χ1v) is 9.05. The monoisotopic (exact) mass is 404 g/mol. The Balaban J connectivity index is 1.56. The van der Waals surface area contributed by atoms with E-state index in [0.29, 0.717) is 18.0 Å². The molecular weight excluding hydrogens is 392 g/mol. The van der Waals surface area contributed by atoms with Gasteiger partial charge in [-0.2, -0.15) is 0 Å². The van der Waals surface area contributed by atoms with E-state index in [-0.39, 0.29) is 5.91 Å². The summed E-state index contributed by atoms with van der Waals surface area (Å²) in [6, 6.07) is 21.2. The van der Waals surface area contributed by atoms with Gasteiger partial charge >= 0.3 is 0 Å². The molecule has 126 valence electrons. The van der Waals surface area contributed by atoms with Gasteiger partial charge in [-0.15, -0.1) is 0 Å². The molecule has 4 nitrogen and oxygen atoms in total. The van der Waals surface area contributed by atoms with E-state index in [1.807, 2.05) is 66.7 Å². The number of nitrogens with zero attached hydrogens (tertiary/aromatic N) is 2. The molecule has 0 radical (unpaired) electrons. The summed E-state index contributed by atoms with van der Waals surface area (Å²) in [5.41, 5.74) is 4.97. The molecule has 2 heterocycles. The van der Waals surface area contributed by atoms with Crippen molar-refractivity contribution in [3.8, 4) is 11.5 Å². The van der Waals surface area contributed by atoms with Gasteiger partial charge in [0.05, 0.1) is 12.1 Å². The summed E-state index contributed by atoms with van der Waals surface area (Å²) in [5.74, 6) is 0.579. The lowest BCUT2D eigenvalue weighted by Crippen LogP contribution is -2.22. The van der Waals surface area contributed by atoms with Gasteiger partial charge in [-0.25, -0.2) is 4.98 Å². The van der Waals surface area contributed by atoms with E-state index in [0.717, 1.165) is 32.4 Å². The SMILES string of the molecule is O=C1c2ccccc2CN1c1ccc2oc(-c3ccccc3Br)nc2c1. The Bertz CT molecular complexity index is 1170. The zero-order valence-corrected chi connectivity index (χ0v) is 15.2. The molecule has 0 fully saturated rings. The molecule has 1 aliphatic rings. The van der Waals surface area contributed by atoms with Crippen molar-refractivity contribution in [1.82, 2.24) is 4.98 Å². The number of rotatable bonds is 2. The van der Waals surface area contributed by atoms with Crippen molar-refractivity contribution < 1.29 is 9.21 Å². The van der Waals surface area contributed by atoms with Crippen molar-refractivity contribution in [3.63, 3.8) is 0 Å². The number of hydrogen-bond acceptors (Lipinski definition) is 3. The summed E-state index contributed by atoms with van der Waals surface area (Å²) in [4.78, 5) is 19.1. The van der Waals surface area contributed by atoms with Gasteiger partial charge in [0.15, 0.2) is 5.58 Å². The number of carbonyl (C=O) groups is 1. The topological polar surface area (TPSA) is 46.3 Å². The van der Waals surface area contributed by atoms with Crippen LogP contribution in [0.25, 0.3) is 22.6 Å². The van der Waals surface area contributed by atoms with Gasteiger partial charge in [-0.3, -0.25) is 4.79 Å². The molecule has 0 unspecified atom stereocenters. The predicted molar refractivity (Wildman–Crippen MR) is 104 cm³/mol. The largest absolute Gasteiger partial charge is 0.436 e. The van der Waals surface area contributed by atoms with Crippen LogP contribution < -0.4 is 4.90 Å². The van der Waals surface area contributed by atoms with E-state index < -0.39 is 0 Å². The minimum atomic E-state index is 0.0227. The number of aromatic nitrogens is 1. The van der Waals surface area contributed by atoms with Crippen LogP contribution in [0.2, 0.25) is 0 Å². The third kappa shape index (κ3) is 2.35. The predicted octanol–water partition coefficient (Wildman–Crippen LogP) is 5.42. The molecule has 5 rings (SSSR count). The van der Waals surface area contributed by atoms with Crippen LogP contribution in [0.5, 0.6) is 0 Å². The summed E-state index contributed by atoms with van der Waals surface area (Å²) >= 11 is 3.53. The number of benzene rings is 3. The Morgan fingerprint density at radius 3 is 2.54 bits per heavy atom. The summed E-state index contributed by atoms with van der Waals surface area (Å²) < 4.78 is 6.82. The summed E-state index contributed by atoms with van der Waals surface area (Å²) in [6.07, 6.45) is 0. The van der Waals surface area contributed by atoms with Crippen molar-refractivity contribution in [2.45, 2.75) is 6.54 Å². The lowest BCUT2D eigenvalue weighted by molar-refractivity contribution is 0.0996. The average molecular weight is 405 g/mol. The van der Waals surface area contributed by atoms with E-state index in [1.165, 1.54) is 0 Å². The second-order valence-electron chi connectivity index (χ2n) is 6.20. The molecule has 1 amide bonds. The number of fused-ring (bicyclic) bond motifs is 2. The maximum atomic E-state index is 12.7. The molecule has 0 spiro atoms. The number of hydrogen-bond donors (Lipinski definition) is 0. The zero-order valence-electron chi connectivity index (χ0n) is 13.6. The molecular formula is C21H13BrN2O2. The van der Waals surface area contributed by atoms with Crippen LogP contribution in [0.1, 0.15) is 15.9 Å². The highest BCUT2D eigenvalue weighted by Gasteiger charge is 2.28. The molecule has 1 aromatic heterocycles. The van der Waals surface area contributed by atoms with Crippen molar-refractivity contribution in [2.75, 3.05) is 4.90 Å². The molecule has 0 saturated heterocycles. The van der Waals surface area contributed by atoms with Crippen LogP contribution in [0, 0.1) is 0 Å². The van der Waals surface area contributed by atoms with E-state index in [2.05, 4.69) is 20.9 Å². The molecule has 0 aliphatic carbocycles. The molecule has 0 saturated carbocycles. The average Bonchev–Trinajstić information content (AvgIpc) is 3.23. The van der Waals surface area contributed by atoms with Gasteiger partial charge in [-0.05, 0) is 57.9 Å². The lowest BCUT2D eigenvalue weighted by atomic mass is 10.1. The van der Waals surface area contributed by atoms with Gasteiger partial charge in [0.2, 0.25) is 5.89 Å². The third-order valence-corrected chi connectivity index (χ3v) is 5.30. The van der Waals surface area contributed by atoms with Crippen LogP contribution in [0.3, 0.4) is 0 Å². The van der Waals surface area contributed by atoms with Gasteiger partial charge in [0.1, 0.15) is 5.52 Å². The first-order valence-electron chi connectivity index (χ1n) is 8.26. The quantitative estimate of drug-likeness (QED) is 0.448. The molecule has 0 atom stereocenters. The first kappa shape index (κ1) is 15.3. The van der Waals surface area contributed by atoms with E-state index in [1.54, 1.807) is 4.90 Å². The smallest absolute Gasteiger partial charge is 0.258 e. The van der Waals surface area contributed by atoms with Crippen molar-refractivity contribution >= 4 is 38.6 Å². The summed E-state index contributed by atoms with van der Waals surface area (Å²) in [6.45, 7) is 0.579. The molecule has 3 aromatic carbocycles. The number of carbonyl (C=O) groups excluding carboxylic acids is 1. The third-order valence-electron chi connectivity index (χ3n) is 4.61. The molecule has 4 aromatic rings. The van der Waals surface area contributed by atoms with Gasteiger partial charge in [-0.1, -0.05) is 30.3 Å². The fourth-order valence-corrected chi connectivity index (χ4v) is 3.75. The zero-order chi connectivity index (χ0) is 17.7. The number of amides is 1. The number of anilines is 1. The highest BCUT2D eigenvalue weighted by molar-refractivity contribution is 9.10. The maximum Gasteiger partial charge on any atom is 0.258 e. The van der Waals surface area contributed by atoms with Crippen molar-refractivity contribution in [3.05, 3.63) is 82.3 Å². The number of oxazole rings is 1.